The maximum absolute atomic E-state index is 7.23. The van der Waals surface area contributed by atoms with E-state index in [0.29, 0.717) is 0 Å². The summed E-state index contributed by atoms with van der Waals surface area (Å²) in [5, 5.41) is 4.57. The zero-order valence-corrected chi connectivity index (χ0v) is 44.5. The highest BCUT2D eigenvalue weighted by Crippen LogP contribution is 2.64. The molecule has 2 nitrogen and oxygen atoms in total. The second-order valence-corrected chi connectivity index (χ2v) is 22.3. The van der Waals surface area contributed by atoms with Gasteiger partial charge >= 0.3 is 0 Å². The highest BCUT2D eigenvalue weighted by atomic mass is 16.5. The van der Waals surface area contributed by atoms with E-state index in [4.69, 9.17) is 4.74 Å². The third-order valence-corrected chi connectivity index (χ3v) is 17.7. The molecule has 2 heteroatoms. The van der Waals surface area contributed by atoms with Gasteiger partial charge in [0.05, 0.1) is 11.1 Å². The molecule has 16 rings (SSSR count). The fraction of sp³-hybridized carbons (Fsp3) is 0.0513. The highest BCUT2D eigenvalue weighted by molar-refractivity contribution is 6.01. The molecule has 13 aromatic carbocycles. The minimum Gasteiger partial charge on any atom is -0.455 e. The first kappa shape index (κ1) is 46.1. The van der Waals surface area contributed by atoms with Crippen LogP contribution in [-0.2, 0) is 10.8 Å². The molecule has 1 spiro atoms. The molecule has 13 aromatic rings. The number of benzene rings is 13. The molecule has 2 aliphatic carbocycles. The van der Waals surface area contributed by atoms with Gasteiger partial charge in [-0.3, -0.25) is 0 Å². The van der Waals surface area contributed by atoms with Gasteiger partial charge in [0.15, 0.2) is 0 Å². The van der Waals surface area contributed by atoms with Crippen LogP contribution in [0.4, 0.5) is 17.1 Å². The minimum absolute atomic E-state index is 0.150. The van der Waals surface area contributed by atoms with Crippen molar-refractivity contribution in [2.75, 3.05) is 4.90 Å². The Labute approximate surface area is 467 Å². The average Bonchev–Trinajstić information content (AvgIpc) is 4.15. The van der Waals surface area contributed by atoms with E-state index in [0.717, 1.165) is 61.2 Å². The van der Waals surface area contributed by atoms with E-state index in [-0.39, 0.29) is 5.41 Å². The van der Waals surface area contributed by atoms with Crippen LogP contribution in [0.25, 0.3) is 88.3 Å². The van der Waals surface area contributed by atoms with Gasteiger partial charge in [-0.1, -0.05) is 257 Å². The third-order valence-electron chi connectivity index (χ3n) is 17.7. The Bertz CT molecular complexity index is 4490. The lowest BCUT2D eigenvalue weighted by atomic mass is 9.65. The molecule has 1 heterocycles. The summed E-state index contributed by atoms with van der Waals surface area (Å²) < 4.78 is 7.23. The highest BCUT2D eigenvalue weighted by Gasteiger charge is 2.52. The standard InChI is InChI=1S/C78H53NO/c1-77(2)67-28-15-14-27-66(67)74-69(77)30-17-31-73(74)79(61-47-58(50-18-5-3-6-19-50)46-59(48-61)51-20-7-4-8-21-51)60-41-36-53(37-42-60)52-32-34-54(35-33-52)57-38-43-65-64-26-13-16-29-68(64)78(72(65)49-57)70-44-39-55-22-9-11-24-62(55)75(70)80-76-63-25-12-10-23-56(63)40-45-71(76)78/h3-49H,1-2H3. The van der Waals surface area contributed by atoms with Crippen molar-refractivity contribution in [2.45, 2.75) is 24.7 Å². The van der Waals surface area contributed by atoms with Crippen molar-refractivity contribution in [3.63, 3.8) is 0 Å². The van der Waals surface area contributed by atoms with Crippen LogP contribution in [0.3, 0.4) is 0 Å². The molecule has 80 heavy (non-hydrogen) atoms. The number of nitrogens with zero attached hydrogens (tertiary/aromatic N) is 1. The van der Waals surface area contributed by atoms with Crippen LogP contribution in [0.1, 0.15) is 47.2 Å². The molecule has 0 amide bonds. The van der Waals surface area contributed by atoms with E-state index >= 15 is 0 Å². The molecular weight excluding hydrogens is 967 g/mol. The van der Waals surface area contributed by atoms with Gasteiger partial charge in [0, 0.05) is 44.3 Å². The number of hydrogen-bond acceptors (Lipinski definition) is 2. The zero-order valence-electron chi connectivity index (χ0n) is 44.5. The Morgan fingerprint density at radius 1 is 0.287 bits per heavy atom. The number of anilines is 3. The van der Waals surface area contributed by atoms with Crippen LogP contribution in [0.5, 0.6) is 11.5 Å². The second-order valence-electron chi connectivity index (χ2n) is 22.3. The number of rotatable bonds is 7. The first-order valence-electron chi connectivity index (χ1n) is 27.9. The molecule has 0 saturated heterocycles. The minimum atomic E-state index is -0.611. The molecule has 0 fully saturated rings. The predicted octanol–water partition coefficient (Wildman–Crippen LogP) is 20.9. The van der Waals surface area contributed by atoms with Gasteiger partial charge in [0.2, 0.25) is 0 Å². The van der Waals surface area contributed by atoms with Crippen molar-refractivity contribution in [3.8, 4) is 78.3 Å². The molecule has 0 unspecified atom stereocenters. The SMILES string of the molecule is CC1(C)c2ccccc2-c2c(N(c3ccc(-c4ccc(-c5ccc6c(c5)C5(c7ccccc7-6)c6ccc7ccccc7c6Oc6c5ccc5ccccc65)cc4)cc3)c3cc(-c4ccccc4)cc(-c4ccccc4)c3)cccc21. The average molecular weight is 1020 g/mol. The summed E-state index contributed by atoms with van der Waals surface area (Å²) in [7, 11) is 0. The largest absolute Gasteiger partial charge is 0.455 e. The lowest BCUT2D eigenvalue weighted by Crippen LogP contribution is -2.32. The molecular formula is C78H53NO. The second kappa shape index (κ2) is 17.8. The quantitative estimate of drug-likeness (QED) is 0.158. The van der Waals surface area contributed by atoms with Crippen LogP contribution in [0.2, 0.25) is 0 Å². The first-order valence-corrected chi connectivity index (χ1v) is 27.9. The summed E-state index contributed by atoms with van der Waals surface area (Å²) in [6.45, 7) is 4.73. The molecule has 0 atom stereocenters. The van der Waals surface area contributed by atoms with E-state index in [9.17, 15) is 0 Å². The lowest BCUT2D eigenvalue weighted by Gasteiger charge is -2.40. The lowest BCUT2D eigenvalue weighted by molar-refractivity contribution is 0.447. The van der Waals surface area contributed by atoms with Gasteiger partial charge in [0.25, 0.3) is 0 Å². The fourth-order valence-electron chi connectivity index (χ4n) is 13.9. The molecule has 376 valence electrons. The molecule has 0 radical (unpaired) electrons. The Morgan fingerprint density at radius 2 is 0.762 bits per heavy atom. The third kappa shape index (κ3) is 6.85. The van der Waals surface area contributed by atoms with Gasteiger partial charge in [-0.05, 0) is 137 Å². The van der Waals surface area contributed by atoms with Crippen LogP contribution >= 0.6 is 0 Å². The Balaban J connectivity index is 0.815. The van der Waals surface area contributed by atoms with Crippen molar-refractivity contribution < 1.29 is 4.74 Å². The van der Waals surface area contributed by atoms with Gasteiger partial charge in [0.1, 0.15) is 11.5 Å². The van der Waals surface area contributed by atoms with Crippen molar-refractivity contribution >= 4 is 38.6 Å². The van der Waals surface area contributed by atoms with Crippen molar-refractivity contribution in [3.05, 3.63) is 318 Å². The number of ether oxygens (including phenoxy) is 1. The van der Waals surface area contributed by atoms with Gasteiger partial charge in [-0.15, -0.1) is 0 Å². The molecule has 0 saturated carbocycles. The number of hydrogen-bond donors (Lipinski definition) is 0. The summed E-state index contributed by atoms with van der Waals surface area (Å²) in [6, 6.07) is 105. The maximum Gasteiger partial charge on any atom is 0.140 e. The summed E-state index contributed by atoms with van der Waals surface area (Å²) in [4.78, 5) is 2.49. The molecule has 3 aliphatic rings. The summed E-state index contributed by atoms with van der Waals surface area (Å²) in [5.41, 5.74) is 24.7. The van der Waals surface area contributed by atoms with E-state index in [1.165, 1.54) is 89.0 Å². The topological polar surface area (TPSA) is 12.5 Å². The zero-order chi connectivity index (χ0) is 53.1. The van der Waals surface area contributed by atoms with Gasteiger partial charge in [-0.2, -0.15) is 0 Å². The Kier molecular flexibility index (Phi) is 10.2. The van der Waals surface area contributed by atoms with Crippen molar-refractivity contribution in [1.29, 1.82) is 0 Å². The van der Waals surface area contributed by atoms with Crippen LogP contribution in [0.15, 0.2) is 285 Å². The summed E-state index contributed by atoms with van der Waals surface area (Å²) in [5.74, 6) is 1.86. The van der Waals surface area contributed by atoms with E-state index in [2.05, 4.69) is 304 Å². The first-order chi connectivity index (χ1) is 39.4. The monoisotopic (exact) mass is 1020 g/mol. The fourth-order valence-corrected chi connectivity index (χ4v) is 13.9. The normalized spacial score (nSPS) is 13.7. The molecule has 1 aliphatic heterocycles. The number of fused-ring (bicyclic) bond motifs is 16. The predicted molar refractivity (Wildman–Crippen MR) is 333 cm³/mol. The summed E-state index contributed by atoms with van der Waals surface area (Å²) >= 11 is 0. The van der Waals surface area contributed by atoms with Crippen LogP contribution in [0, 0.1) is 0 Å². The molecule has 0 aromatic heterocycles. The molecule has 0 bridgehead atoms. The van der Waals surface area contributed by atoms with E-state index < -0.39 is 5.41 Å². The Hall–Kier alpha value is -10.0. The van der Waals surface area contributed by atoms with Crippen LogP contribution in [-0.4, -0.2) is 0 Å². The Morgan fingerprint density at radius 3 is 1.39 bits per heavy atom. The maximum atomic E-state index is 7.23. The van der Waals surface area contributed by atoms with E-state index in [1.54, 1.807) is 0 Å². The molecule has 0 N–H and O–H groups in total. The van der Waals surface area contributed by atoms with Crippen molar-refractivity contribution in [1.82, 2.24) is 0 Å². The van der Waals surface area contributed by atoms with Crippen LogP contribution < -0.4 is 9.64 Å². The summed E-state index contributed by atoms with van der Waals surface area (Å²) in [6.07, 6.45) is 0. The smallest absolute Gasteiger partial charge is 0.140 e. The van der Waals surface area contributed by atoms with E-state index in [1.807, 2.05) is 0 Å². The van der Waals surface area contributed by atoms with Gasteiger partial charge in [-0.25, -0.2) is 0 Å². The van der Waals surface area contributed by atoms with Crippen molar-refractivity contribution in [2.24, 2.45) is 0 Å². The van der Waals surface area contributed by atoms with Gasteiger partial charge < -0.3 is 9.64 Å².